The summed E-state index contributed by atoms with van der Waals surface area (Å²) < 4.78 is 5.03. The molecule has 3 heteroatoms. The van der Waals surface area contributed by atoms with Crippen molar-refractivity contribution < 1.29 is 9.53 Å². The van der Waals surface area contributed by atoms with Gasteiger partial charge in [0.2, 0.25) is 5.91 Å². The Balaban J connectivity index is 2.18. The highest BCUT2D eigenvalue weighted by Crippen LogP contribution is 2.08. The molecule has 0 radical (unpaired) electrons. The van der Waals surface area contributed by atoms with Gasteiger partial charge in [-0.25, -0.2) is 0 Å². The van der Waals surface area contributed by atoms with E-state index in [0.29, 0.717) is 12.2 Å². The number of nitrogens with one attached hydrogen (secondary N) is 1. The van der Waals surface area contributed by atoms with E-state index in [1.807, 2.05) is 0 Å². The van der Waals surface area contributed by atoms with E-state index in [1.165, 1.54) is 0 Å². The Bertz CT molecular complexity index is 145. The Labute approximate surface area is 53.7 Å². The highest BCUT2D eigenvalue weighted by molar-refractivity contribution is 5.82. The lowest BCUT2D eigenvalue weighted by Crippen LogP contribution is -2.49. The Morgan fingerprint density at radius 1 is 2.00 bits per heavy atom. The molecule has 1 N–H and O–H groups in total. The van der Waals surface area contributed by atoms with Crippen LogP contribution in [0.15, 0.2) is 12.3 Å². The SMILES string of the molecule is C=C(C)OC1CC(=O)N1. The van der Waals surface area contributed by atoms with Gasteiger partial charge in [-0.2, -0.15) is 0 Å². The molecule has 9 heavy (non-hydrogen) atoms. The first-order valence-corrected chi connectivity index (χ1v) is 2.80. The zero-order valence-corrected chi connectivity index (χ0v) is 5.31. The fourth-order valence-corrected chi connectivity index (χ4v) is 0.641. The molecule has 0 aromatic rings. The number of hydrogen-bond acceptors (Lipinski definition) is 2. The average molecular weight is 127 g/mol. The lowest BCUT2D eigenvalue weighted by molar-refractivity contribution is -0.137. The fourth-order valence-electron chi connectivity index (χ4n) is 0.641. The Morgan fingerprint density at radius 2 is 2.56 bits per heavy atom. The van der Waals surface area contributed by atoms with Crippen molar-refractivity contribution in [3.8, 4) is 0 Å². The van der Waals surface area contributed by atoms with Gasteiger partial charge in [0, 0.05) is 0 Å². The zero-order chi connectivity index (χ0) is 6.85. The smallest absolute Gasteiger partial charge is 0.228 e. The van der Waals surface area contributed by atoms with Crippen LogP contribution in [0.3, 0.4) is 0 Å². The van der Waals surface area contributed by atoms with Crippen molar-refractivity contribution in [2.24, 2.45) is 0 Å². The monoisotopic (exact) mass is 127 g/mol. The number of amides is 1. The van der Waals surface area contributed by atoms with Gasteiger partial charge in [-0.15, -0.1) is 0 Å². The van der Waals surface area contributed by atoms with Gasteiger partial charge >= 0.3 is 0 Å². The van der Waals surface area contributed by atoms with E-state index in [9.17, 15) is 4.79 Å². The van der Waals surface area contributed by atoms with Crippen molar-refractivity contribution in [1.29, 1.82) is 0 Å². The number of β-lactam (4-membered cyclic amide) rings is 1. The predicted molar refractivity (Wildman–Crippen MR) is 32.4 cm³/mol. The number of allylic oxidation sites excluding steroid dienone is 1. The summed E-state index contributed by atoms with van der Waals surface area (Å²) in [7, 11) is 0. The number of ether oxygens (including phenoxy) is 1. The molecular weight excluding hydrogens is 118 g/mol. The zero-order valence-electron chi connectivity index (χ0n) is 5.31. The Kier molecular flexibility index (Phi) is 1.42. The lowest BCUT2D eigenvalue weighted by Gasteiger charge is -2.27. The second-order valence-corrected chi connectivity index (χ2v) is 2.08. The standard InChI is InChI=1S/C6H9NO2/c1-4(2)9-6-3-5(8)7-6/h6H,1,3H2,2H3,(H,7,8). The second-order valence-electron chi connectivity index (χ2n) is 2.08. The van der Waals surface area contributed by atoms with Crippen LogP contribution in [0.5, 0.6) is 0 Å². The first-order valence-electron chi connectivity index (χ1n) is 2.80. The first kappa shape index (κ1) is 6.13. The summed E-state index contributed by atoms with van der Waals surface area (Å²) in [5.41, 5.74) is 0. The van der Waals surface area contributed by atoms with E-state index in [1.54, 1.807) is 6.92 Å². The lowest BCUT2D eigenvalue weighted by atomic mass is 10.2. The molecule has 0 aliphatic carbocycles. The summed E-state index contributed by atoms with van der Waals surface area (Å²) in [5, 5.41) is 2.55. The third-order valence-electron chi connectivity index (χ3n) is 1.04. The molecule has 1 saturated heterocycles. The molecule has 0 aromatic heterocycles. The summed E-state index contributed by atoms with van der Waals surface area (Å²) in [5.74, 6) is 0.682. The molecular formula is C6H9NO2. The quantitative estimate of drug-likeness (QED) is 0.430. The molecule has 1 aliphatic rings. The maximum Gasteiger partial charge on any atom is 0.228 e. The molecule has 50 valence electrons. The maximum absolute atomic E-state index is 10.3. The third kappa shape index (κ3) is 1.45. The van der Waals surface area contributed by atoms with Gasteiger partial charge in [-0.3, -0.25) is 4.79 Å². The molecule has 0 bridgehead atoms. The van der Waals surface area contributed by atoms with E-state index >= 15 is 0 Å². The van der Waals surface area contributed by atoms with Crippen molar-refractivity contribution >= 4 is 5.91 Å². The normalized spacial score (nSPS) is 24.1. The van der Waals surface area contributed by atoms with Crippen molar-refractivity contribution in [3.05, 3.63) is 12.3 Å². The van der Waals surface area contributed by atoms with Crippen LogP contribution in [0.1, 0.15) is 13.3 Å². The van der Waals surface area contributed by atoms with Gasteiger partial charge in [0.1, 0.15) is 0 Å². The molecule has 1 heterocycles. The van der Waals surface area contributed by atoms with Gasteiger partial charge in [0.05, 0.1) is 12.2 Å². The van der Waals surface area contributed by atoms with Gasteiger partial charge in [0.15, 0.2) is 6.23 Å². The van der Waals surface area contributed by atoms with Gasteiger partial charge in [-0.1, -0.05) is 6.58 Å². The van der Waals surface area contributed by atoms with E-state index in [-0.39, 0.29) is 12.1 Å². The largest absolute Gasteiger partial charge is 0.475 e. The number of carbonyl (C=O) groups excluding carboxylic acids is 1. The highest BCUT2D eigenvalue weighted by Gasteiger charge is 2.26. The molecule has 1 rings (SSSR count). The van der Waals surface area contributed by atoms with Crippen LogP contribution >= 0.6 is 0 Å². The van der Waals surface area contributed by atoms with E-state index < -0.39 is 0 Å². The molecule has 1 atom stereocenters. The van der Waals surface area contributed by atoms with Gasteiger partial charge in [-0.05, 0) is 6.92 Å². The molecule has 1 aliphatic heterocycles. The second kappa shape index (κ2) is 2.09. The summed E-state index contributed by atoms with van der Waals surface area (Å²) in [6, 6.07) is 0. The number of carbonyl (C=O) groups is 1. The van der Waals surface area contributed by atoms with Crippen molar-refractivity contribution in [3.63, 3.8) is 0 Å². The van der Waals surface area contributed by atoms with Crippen LogP contribution in [-0.4, -0.2) is 12.1 Å². The van der Waals surface area contributed by atoms with E-state index in [0.717, 1.165) is 0 Å². The molecule has 0 spiro atoms. The third-order valence-corrected chi connectivity index (χ3v) is 1.04. The number of rotatable bonds is 2. The Hall–Kier alpha value is -0.990. The predicted octanol–water partition coefficient (Wildman–Crippen LogP) is 0.383. The molecule has 1 fully saturated rings. The van der Waals surface area contributed by atoms with Crippen LogP contribution in [0.4, 0.5) is 0 Å². The fraction of sp³-hybridized carbons (Fsp3) is 0.500. The van der Waals surface area contributed by atoms with Gasteiger partial charge in [0.25, 0.3) is 0 Å². The highest BCUT2D eigenvalue weighted by atomic mass is 16.5. The molecule has 0 aromatic carbocycles. The van der Waals surface area contributed by atoms with Crippen molar-refractivity contribution in [1.82, 2.24) is 5.32 Å². The Morgan fingerprint density at radius 3 is 2.89 bits per heavy atom. The minimum absolute atomic E-state index is 0.0428. The van der Waals surface area contributed by atoms with Gasteiger partial charge < -0.3 is 10.1 Å². The van der Waals surface area contributed by atoms with Crippen LogP contribution in [-0.2, 0) is 9.53 Å². The van der Waals surface area contributed by atoms with E-state index in [2.05, 4.69) is 11.9 Å². The topological polar surface area (TPSA) is 38.3 Å². The summed E-state index contributed by atoms with van der Waals surface area (Å²) >= 11 is 0. The van der Waals surface area contributed by atoms with Crippen LogP contribution < -0.4 is 5.32 Å². The number of hydrogen-bond donors (Lipinski definition) is 1. The van der Waals surface area contributed by atoms with Crippen LogP contribution in [0.2, 0.25) is 0 Å². The van der Waals surface area contributed by atoms with Crippen LogP contribution in [0, 0.1) is 0 Å². The summed E-state index contributed by atoms with van der Waals surface area (Å²) in [6.07, 6.45) is 0.349. The van der Waals surface area contributed by atoms with Crippen molar-refractivity contribution in [2.75, 3.05) is 0 Å². The molecule has 3 nitrogen and oxygen atoms in total. The minimum atomic E-state index is -0.116. The van der Waals surface area contributed by atoms with Crippen LogP contribution in [0.25, 0.3) is 0 Å². The first-order chi connectivity index (χ1) is 4.18. The molecule has 0 saturated carbocycles. The maximum atomic E-state index is 10.3. The summed E-state index contributed by atoms with van der Waals surface area (Å²) in [6.45, 7) is 5.28. The summed E-state index contributed by atoms with van der Waals surface area (Å²) in [4.78, 5) is 10.3. The van der Waals surface area contributed by atoms with E-state index in [4.69, 9.17) is 4.74 Å². The molecule has 1 amide bonds. The average Bonchev–Trinajstić information content (AvgIpc) is 1.60. The molecule has 1 unspecified atom stereocenters. The van der Waals surface area contributed by atoms with Crippen molar-refractivity contribution in [2.45, 2.75) is 19.6 Å². The minimum Gasteiger partial charge on any atom is -0.475 e.